The number of hydrogen-bond donors (Lipinski definition) is 1. The van der Waals surface area contributed by atoms with Crippen LogP contribution in [0.2, 0.25) is 0 Å². The molecule has 1 aromatic heterocycles. The first-order valence-electron chi connectivity index (χ1n) is 10.0. The Bertz CT molecular complexity index is 1150. The first-order valence-corrected chi connectivity index (χ1v) is 10.9. The summed E-state index contributed by atoms with van der Waals surface area (Å²) in [5.41, 5.74) is 1.61. The molecule has 0 aliphatic carbocycles. The number of fused-ring (bicyclic) bond motifs is 1. The molecule has 1 fully saturated rings. The number of piperazine rings is 1. The van der Waals surface area contributed by atoms with Crippen molar-refractivity contribution >= 4 is 33.2 Å². The van der Waals surface area contributed by atoms with Crippen LogP contribution in [0, 0.1) is 16.7 Å². The van der Waals surface area contributed by atoms with Gasteiger partial charge in [0.15, 0.2) is 0 Å². The van der Waals surface area contributed by atoms with Crippen LogP contribution in [-0.4, -0.2) is 65.2 Å². The van der Waals surface area contributed by atoms with Crippen molar-refractivity contribution in [1.82, 2.24) is 14.8 Å². The van der Waals surface area contributed by atoms with Crippen LogP contribution in [0.15, 0.2) is 48.5 Å². The van der Waals surface area contributed by atoms with Crippen molar-refractivity contribution in [1.29, 1.82) is 10.7 Å². The maximum Gasteiger partial charge on any atom is 0.253 e. The Morgan fingerprint density at radius 3 is 2.74 bits per heavy atom. The number of carbonyl (C=O) groups is 1. The number of hydrogen-bond acceptors (Lipinski definition) is 7. The molecule has 3 aromatic rings. The lowest BCUT2D eigenvalue weighted by Gasteiger charge is -2.41. The number of amides is 1. The number of aromatic nitrogens is 1. The number of methoxy groups -OCH3 is 1. The molecular weight excluding hydrogens is 410 g/mol. The molecule has 0 spiro atoms. The van der Waals surface area contributed by atoms with Gasteiger partial charge >= 0.3 is 0 Å². The highest BCUT2D eigenvalue weighted by molar-refractivity contribution is 7.20. The van der Waals surface area contributed by atoms with Crippen molar-refractivity contribution in [3.63, 3.8) is 0 Å². The smallest absolute Gasteiger partial charge is 0.253 e. The topological polar surface area (TPSA) is 93.3 Å². The minimum absolute atomic E-state index is 0.00388. The Hall–Kier alpha value is -3.28. The minimum atomic E-state index is -0.716. The zero-order valence-electron chi connectivity index (χ0n) is 17.4. The summed E-state index contributed by atoms with van der Waals surface area (Å²) in [6.45, 7) is 3.54. The summed E-state index contributed by atoms with van der Waals surface area (Å²) < 4.78 is 6.20. The monoisotopic (exact) mass is 433 g/mol. The van der Waals surface area contributed by atoms with Gasteiger partial charge in [0.2, 0.25) is 0 Å². The zero-order valence-corrected chi connectivity index (χ0v) is 18.2. The normalized spacial score (nSPS) is 17.8. The predicted octanol–water partition coefficient (Wildman–Crippen LogP) is 3.41. The number of nitrogens with one attached hydrogen (secondary N) is 1. The van der Waals surface area contributed by atoms with E-state index < -0.39 is 6.04 Å². The predicted molar refractivity (Wildman–Crippen MR) is 121 cm³/mol. The SMILES string of the molecule is COc1ccc2sc(C(=N)C(C#N)N3CCN(C(=O)c4ccccc4)C[C@H]3C)nc2c1. The third-order valence-corrected chi connectivity index (χ3v) is 6.61. The molecule has 158 valence electrons. The third-order valence-electron chi connectivity index (χ3n) is 5.54. The van der Waals surface area contributed by atoms with Crippen LogP contribution in [0.3, 0.4) is 0 Å². The fourth-order valence-electron chi connectivity index (χ4n) is 3.87. The van der Waals surface area contributed by atoms with Crippen LogP contribution < -0.4 is 4.74 Å². The highest BCUT2D eigenvalue weighted by Crippen LogP contribution is 2.28. The Labute approximate surface area is 185 Å². The molecule has 1 unspecified atom stereocenters. The highest BCUT2D eigenvalue weighted by atomic mass is 32.1. The van der Waals surface area contributed by atoms with Gasteiger partial charge in [-0.25, -0.2) is 4.98 Å². The number of nitrogens with zero attached hydrogens (tertiary/aromatic N) is 4. The van der Waals surface area contributed by atoms with Crippen LogP contribution in [0.1, 0.15) is 22.3 Å². The first kappa shape index (κ1) is 21.0. The molecule has 1 aliphatic heterocycles. The molecule has 0 saturated carbocycles. The molecule has 8 heteroatoms. The Kier molecular flexibility index (Phi) is 5.98. The first-order chi connectivity index (χ1) is 15.0. The molecule has 2 heterocycles. The summed E-state index contributed by atoms with van der Waals surface area (Å²) in [5.74, 6) is 0.705. The van der Waals surface area contributed by atoms with E-state index in [0.717, 1.165) is 10.2 Å². The molecule has 1 amide bonds. The number of carbonyl (C=O) groups excluding carboxylic acids is 1. The quantitative estimate of drug-likeness (QED) is 0.623. The summed E-state index contributed by atoms with van der Waals surface area (Å²) in [4.78, 5) is 21.2. The lowest BCUT2D eigenvalue weighted by Crippen LogP contribution is -2.58. The summed E-state index contributed by atoms with van der Waals surface area (Å²) in [7, 11) is 1.60. The van der Waals surface area contributed by atoms with Gasteiger partial charge in [0.25, 0.3) is 5.91 Å². The Morgan fingerprint density at radius 2 is 2.06 bits per heavy atom. The van der Waals surface area contributed by atoms with Gasteiger partial charge in [-0.2, -0.15) is 5.26 Å². The van der Waals surface area contributed by atoms with Crippen molar-refractivity contribution in [2.24, 2.45) is 0 Å². The number of thiazole rings is 1. The number of nitriles is 1. The summed E-state index contributed by atoms with van der Waals surface area (Å²) in [6.07, 6.45) is 0. The Balaban J connectivity index is 1.50. The van der Waals surface area contributed by atoms with Crippen LogP contribution in [0.25, 0.3) is 10.2 Å². The van der Waals surface area contributed by atoms with E-state index in [-0.39, 0.29) is 17.7 Å². The van der Waals surface area contributed by atoms with E-state index in [4.69, 9.17) is 10.1 Å². The average Bonchev–Trinajstić information content (AvgIpc) is 3.23. The molecule has 1 saturated heterocycles. The third kappa shape index (κ3) is 4.15. The number of benzene rings is 2. The van der Waals surface area contributed by atoms with Gasteiger partial charge < -0.3 is 9.64 Å². The molecule has 0 bridgehead atoms. The van der Waals surface area contributed by atoms with E-state index in [2.05, 4.69) is 11.1 Å². The Morgan fingerprint density at radius 1 is 1.29 bits per heavy atom. The molecule has 1 N–H and O–H groups in total. The highest BCUT2D eigenvalue weighted by Gasteiger charge is 2.34. The molecule has 2 aromatic carbocycles. The lowest BCUT2D eigenvalue weighted by molar-refractivity contribution is 0.0509. The van der Waals surface area contributed by atoms with E-state index in [1.807, 2.05) is 65.3 Å². The average molecular weight is 434 g/mol. The van der Waals surface area contributed by atoms with Gasteiger partial charge in [-0.15, -0.1) is 11.3 Å². The standard InChI is InChI=1S/C23H23N5O2S/c1-15-14-27(23(29)16-6-4-3-5-7-16)10-11-28(15)19(13-24)21(25)22-26-18-12-17(30-2)8-9-20(18)31-22/h3-9,12,15,19,25H,10-11,14H2,1-2H3/t15-,19?/m1/s1. The molecule has 2 atom stereocenters. The van der Waals surface area contributed by atoms with Crippen molar-refractivity contribution in [3.05, 3.63) is 59.1 Å². The number of rotatable bonds is 5. The second kappa shape index (κ2) is 8.84. The van der Waals surface area contributed by atoms with E-state index >= 15 is 0 Å². The van der Waals surface area contributed by atoms with Crippen LogP contribution in [0.4, 0.5) is 0 Å². The van der Waals surface area contributed by atoms with E-state index in [0.29, 0.717) is 36.0 Å². The van der Waals surface area contributed by atoms with Crippen molar-refractivity contribution in [2.75, 3.05) is 26.7 Å². The van der Waals surface area contributed by atoms with E-state index in [1.54, 1.807) is 7.11 Å². The van der Waals surface area contributed by atoms with Gasteiger partial charge in [-0.3, -0.25) is 15.1 Å². The van der Waals surface area contributed by atoms with Gasteiger partial charge in [-0.05, 0) is 31.2 Å². The molecule has 7 nitrogen and oxygen atoms in total. The van der Waals surface area contributed by atoms with Gasteiger partial charge in [-0.1, -0.05) is 18.2 Å². The fraction of sp³-hybridized carbons (Fsp3) is 0.304. The zero-order chi connectivity index (χ0) is 22.0. The summed E-state index contributed by atoms with van der Waals surface area (Å²) >= 11 is 1.40. The van der Waals surface area contributed by atoms with Crippen LogP contribution in [-0.2, 0) is 0 Å². The van der Waals surface area contributed by atoms with Crippen molar-refractivity contribution < 1.29 is 9.53 Å². The van der Waals surface area contributed by atoms with Gasteiger partial charge in [0.05, 0.1) is 29.1 Å². The second-order valence-electron chi connectivity index (χ2n) is 7.50. The van der Waals surface area contributed by atoms with Crippen LogP contribution >= 0.6 is 11.3 Å². The second-order valence-corrected chi connectivity index (χ2v) is 8.53. The number of ether oxygens (including phenoxy) is 1. The molecule has 31 heavy (non-hydrogen) atoms. The molecular formula is C23H23N5O2S. The summed E-state index contributed by atoms with van der Waals surface area (Å²) in [5, 5.41) is 19.1. The van der Waals surface area contributed by atoms with Crippen molar-refractivity contribution in [3.8, 4) is 11.8 Å². The molecule has 0 radical (unpaired) electrons. The van der Waals surface area contributed by atoms with E-state index in [1.165, 1.54) is 11.3 Å². The van der Waals surface area contributed by atoms with Gasteiger partial charge in [0.1, 0.15) is 16.8 Å². The largest absolute Gasteiger partial charge is 0.497 e. The van der Waals surface area contributed by atoms with Crippen molar-refractivity contribution in [2.45, 2.75) is 19.0 Å². The van der Waals surface area contributed by atoms with E-state index in [9.17, 15) is 10.1 Å². The summed E-state index contributed by atoms with van der Waals surface area (Å²) in [6, 6.07) is 16.4. The fourth-order valence-corrected chi connectivity index (χ4v) is 4.79. The maximum absolute atomic E-state index is 12.8. The van der Waals surface area contributed by atoms with Gasteiger partial charge in [0, 0.05) is 37.3 Å². The maximum atomic E-state index is 12.8. The molecule has 1 aliphatic rings. The van der Waals surface area contributed by atoms with Crippen LogP contribution in [0.5, 0.6) is 5.75 Å². The molecule has 4 rings (SSSR count). The lowest BCUT2D eigenvalue weighted by atomic mass is 10.1. The minimum Gasteiger partial charge on any atom is -0.497 e.